The molecule has 0 aromatic carbocycles. The van der Waals surface area contributed by atoms with E-state index in [1.807, 2.05) is 85.7 Å². The summed E-state index contributed by atoms with van der Waals surface area (Å²) < 4.78 is 12.4. The first-order valence-corrected chi connectivity index (χ1v) is 21.7. The van der Waals surface area contributed by atoms with Gasteiger partial charge in [-0.1, -0.05) is 26.8 Å². The van der Waals surface area contributed by atoms with Gasteiger partial charge in [-0.15, -0.1) is 11.3 Å². The molecule has 8 aromatic rings. The Balaban J connectivity index is 0.909. The number of carbonyl (C=O) groups excluding carboxylic acids is 1. The average molecular weight is 857 g/mol. The number of hydrogen-bond donors (Lipinski definition) is 4. The number of fused-ring (bicyclic) bond motifs is 2. The van der Waals surface area contributed by atoms with Crippen LogP contribution in [0.15, 0.2) is 67.8 Å². The zero-order valence-electron chi connectivity index (χ0n) is 35.0. The molecule has 0 fully saturated rings. The van der Waals surface area contributed by atoms with E-state index in [-0.39, 0.29) is 11.3 Å². The van der Waals surface area contributed by atoms with Crippen LogP contribution < -0.4 is 21.7 Å². The van der Waals surface area contributed by atoms with Gasteiger partial charge in [0.1, 0.15) is 5.00 Å². The number of anilines is 4. The Bertz CT molecular complexity index is 2920. The van der Waals surface area contributed by atoms with Crippen LogP contribution in [0, 0.1) is 6.92 Å². The number of rotatable bonds is 13. The minimum Gasteiger partial charge on any atom is -0.339 e. The fourth-order valence-corrected chi connectivity index (χ4v) is 9.16. The van der Waals surface area contributed by atoms with Crippen molar-refractivity contribution in [3.63, 3.8) is 0 Å². The molecule has 61 heavy (non-hydrogen) atoms. The Labute approximate surface area is 360 Å². The maximum atomic E-state index is 13.9. The van der Waals surface area contributed by atoms with Gasteiger partial charge < -0.3 is 26.6 Å². The largest absolute Gasteiger partial charge is 0.339 e. The van der Waals surface area contributed by atoms with E-state index < -0.39 is 0 Å². The molecule has 0 spiro atoms. The number of aromatic nitrogens is 11. The van der Waals surface area contributed by atoms with Crippen molar-refractivity contribution in [1.29, 1.82) is 0 Å². The molecule has 1 aliphatic rings. The van der Waals surface area contributed by atoms with Crippen LogP contribution >= 0.6 is 22.9 Å². The van der Waals surface area contributed by atoms with E-state index in [2.05, 4.69) is 67.8 Å². The van der Waals surface area contributed by atoms with Gasteiger partial charge in [0.15, 0.2) is 22.9 Å². The Morgan fingerprint density at radius 3 is 2.34 bits per heavy atom. The SMILES string of the molecule is Cc1cc(Nc2nc(C3=CCCNC3)cn3c(-c4cnn(C)c4)cnc23)sc1C(=O)N(C)CCn1cc(-c2cnc3c(Nc4cc(C(C)(C)C)ns4)nc(CCN)cn23)cn1. The molecule has 0 bridgehead atoms. The van der Waals surface area contributed by atoms with Crippen LogP contribution in [0.25, 0.3) is 39.4 Å². The van der Waals surface area contributed by atoms with E-state index in [1.165, 1.54) is 22.9 Å². The first kappa shape index (κ1) is 40.1. The third-order valence-corrected chi connectivity index (χ3v) is 12.5. The number of amides is 1. The van der Waals surface area contributed by atoms with Crippen molar-refractivity contribution in [3.05, 3.63) is 95.3 Å². The van der Waals surface area contributed by atoms with Crippen LogP contribution in [-0.4, -0.2) is 96.7 Å². The molecule has 5 N–H and O–H groups in total. The number of aryl methyl sites for hydroxylation is 2. The Hall–Kier alpha value is -6.28. The van der Waals surface area contributed by atoms with Crippen molar-refractivity contribution in [3.8, 4) is 22.5 Å². The van der Waals surface area contributed by atoms with Gasteiger partial charge in [-0.2, -0.15) is 14.6 Å². The Morgan fingerprint density at radius 2 is 1.66 bits per heavy atom. The normalized spacial score (nSPS) is 13.3. The lowest BCUT2D eigenvalue weighted by atomic mass is 9.92. The lowest BCUT2D eigenvalue weighted by Crippen LogP contribution is -2.30. The average Bonchev–Trinajstić information content (AvgIpc) is 4.10. The predicted octanol–water partition coefficient (Wildman–Crippen LogP) is 6.30. The molecule has 1 amide bonds. The van der Waals surface area contributed by atoms with E-state index in [0.717, 1.165) is 80.2 Å². The van der Waals surface area contributed by atoms with E-state index >= 15 is 0 Å². The molecule has 0 saturated heterocycles. The second kappa shape index (κ2) is 16.3. The number of nitrogens with two attached hydrogens (primary N) is 1. The Morgan fingerprint density at radius 1 is 0.934 bits per heavy atom. The highest BCUT2D eigenvalue weighted by atomic mass is 32.1. The number of nitrogens with one attached hydrogen (secondary N) is 3. The van der Waals surface area contributed by atoms with Crippen molar-refractivity contribution in [1.82, 2.24) is 62.9 Å². The van der Waals surface area contributed by atoms with Gasteiger partial charge in [0, 0.05) is 74.9 Å². The summed E-state index contributed by atoms with van der Waals surface area (Å²) in [6, 6.07) is 4.06. The summed E-state index contributed by atoms with van der Waals surface area (Å²) in [4.78, 5) is 35.8. The zero-order chi connectivity index (χ0) is 42.4. The number of likely N-dealkylation sites (N-methyl/N-ethyl adjacent to an activating group) is 1. The minimum atomic E-state index is -0.0646. The van der Waals surface area contributed by atoms with Gasteiger partial charge in [-0.25, -0.2) is 19.9 Å². The fraction of sp³-hybridized carbons (Fsp3) is 0.333. The molecule has 0 aliphatic carbocycles. The third-order valence-electron chi connectivity index (χ3n) is 10.6. The molecule has 0 saturated carbocycles. The van der Waals surface area contributed by atoms with Crippen LogP contribution in [0.2, 0.25) is 0 Å². The lowest BCUT2D eigenvalue weighted by Gasteiger charge is -2.17. The molecule has 17 nitrogen and oxygen atoms in total. The summed E-state index contributed by atoms with van der Waals surface area (Å²) in [7, 11) is 3.72. The molecule has 0 radical (unpaired) electrons. The molecule has 0 atom stereocenters. The molecule has 8 aromatic heterocycles. The summed E-state index contributed by atoms with van der Waals surface area (Å²) in [6.45, 7) is 11.5. The van der Waals surface area contributed by atoms with Crippen LogP contribution in [0.1, 0.15) is 59.5 Å². The van der Waals surface area contributed by atoms with Gasteiger partial charge in [-0.05, 0) is 61.2 Å². The first-order valence-electron chi connectivity index (χ1n) is 20.2. The molecule has 314 valence electrons. The van der Waals surface area contributed by atoms with Crippen molar-refractivity contribution in [2.24, 2.45) is 12.8 Å². The van der Waals surface area contributed by atoms with Gasteiger partial charge in [0.2, 0.25) is 0 Å². The molecule has 9 heterocycles. The van der Waals surface area contributed by atoms with E-state index in [0.29, 0.717) is 53.9 Å². The first-order chi connectivity index (χ1) is 29.4. The molecule has 19 heteroatoms. The molecular formula is C42H48N16OS2. The molecule has 9 rings (SSSR count). The monoisotopic (exact) mass is 856 g/mol. The number of nitrogens with zero attached hydrogens (tertiary/aromatic N) is 12. The van der Waals surface area contributed by atoms with Gasteiger partial charge in [0.05, 0.1) is 69.7 Å². The van der Waals surface area contributed by atoms with Crippen molar-refractivity contribution >= 4 is 67.3 Å². The number of imidazole rings is 2. The third kappa shape index (κ3) is 8.16. The van der Waals surface area contributed by atoms with Crippen LogP contribution in [0.5, 0.6) is 0 Å². The van der Waals surface area contributed by atoms with E-state index in [9.17, 15) is 4.79 Å². The second-order valence-corrected chi connectivity index (χ2v) is 18.1. The number of thiophene rings is 1. The highest BCUT2D eigenvalue weighted by Gasteiger charge is 2.23. The number of carbonyl (C=O) groups is 1. The van der Waals surface area contributed by atoms with E-state index in [1.54, 1.807) is 9.58 Å². The minimum absolute atomic E-state index is 0.0641. The van der Waals surface area contributed by atoms with Crippen LogP contribution in [0.3, 0.4) is 0 Å². The quantitative estimate of drug-likeness (QED) is 0.101. The second-order valence-electron chi connectivity index (χ2n) is 16.3. The summed E-state index contributed by atoms with van der Waals surface area (Å²) in [6.07, 6.45) is 19.1. The summed E-state index contributed by atoms with van der Waals surface area (Å²) in [5, 5.41) is 21.2. The van der Waals surface area contributed by atoms with Crippen molar-refractivity contribution < 1.29 is 4.79 Å². The maximum absolute atomic E-state index is 13.9. The molecule has 0 unspecified atom stereocenters. The molecule has 1 aliphatic heterocycles. The predicted molar refractivity (Wildman–Crippen MR) is 241 cm³/mol. The van der Waals surface area contributed by atoms with Gasteiger partial charge in [-0.3, -0.25) is 23.0 Å². The number of hydrogen-bond acceptors (Lipinski definition) is 14. The topological polar surface area (TPSA) is 191 Å². The standard InChI is InChI=1S/C42H48N16OS2/c1-25-14-34(51-38-40-46-19-31(27-17-47-55(6)21-27)58(40)24-30(50-38)26-8-7-11-44-16-26)60-36(25)41(59)54(5)12-13-56-22-28(18-48-56)32-20-45-39-37(49-29(9-10-43)23-57(32)39)52-35-15-33(53-61-35)42(2,3)4/h8,14-15,17-24,44H,7,9-13,16,43H2,1-6H3,(H,49,52)(H,50,51). The molecular weight excluding hydrogens is 809 g/mol. The smallest absolute Gasteiger partial charge is 0.264 e. The maximum Gasteiger partial charge on any atom is 0.264 e. The zero-order valence-corrected chi connectivity index (χ0v) is 36.6. The Kier molecular flexibility index (Phi) is 10.7. The van der Waals surface area contributed by atoms with Crippen molar-refractivity contribution in [2.45, 2.75) is 52.5 Å². The van der Waals surface area contributed by atoms with Crippen LogP contribution in [0.4, 0.5) is 21.6 Å². The fourth-order valence-electron chi connectivity index (χ4n) is 7.26. The highest BCUT2D eigenvalue weighted by Crippen LogP contribution is 2.34. The van der Waals surface area contributed by atoms with Gasteiger partial charge in [0.25, 0.3) is 5.91 Å². The van der Waals surface area contributed by atoms with Crippen LogP contribution in [-0.2, 0) is 25.4 Å². The summed E-state index contributed by atoms with van der Waals surface area (Å²) in [5.74, 6) is 1.19. The lowest BCUT2D eigenvalue weighted by molar-refractivity contribution is 0.0793. The summed E-state index contributed by atoms with van der Waals surface area (Å²) in [5.41, 5.74) is 15.6. The van der Waals surface area contributed by atoms with Crippen molar-refractivity contribution in [2.75, 3.05) is 43.9 Å². The highest BCUT2D eigenvalue weighted by molar-refractivity contribution is 7.18. The van der Waals surface area contributed by atoms with Gasteiger partial charge >= 0.3 is 0 Å². The van der Waals surface area contributed by atoms with E-state index in [4.69, 9.17) is 25.7 Å². The summed E-state index contributed by atoms with van der Waals surface area (Å²) >= 11 is 2.81.